The molecule has 2 aliphatic heterocycles. The van der Waals surface area contributed by atoms with Crippen LogP contribution in [-0.4, -0.2) is 74.8 Å². The first-order valence-corrected chi connectivity index (χ1v) is 15.4. The van der Waals surface area contributed by atoms with E-state index in [0.29, 0.717) is 55.5 Å². The van der Waals surface area contributed by atoms with Crippen LogP contribution >= 0.6 is 0 Å². The largest absolute Gasteiger partial charge is 0.476 e. The molecule has 4 aromatic rings. The van der Waals surface area contributed by atoms with E-state index in [1.165, 1.54) is 18.2 Å². The van der Waals surface area contributed by atoms with E-state index in [0.717, 1.165) is 11.5 Å². The molecule has 0 radical (unpaired) electrons. The number of nitrogens with zero attached hydrogens (tertiary/aromatic N) is 3. The van der Waals surface area contributed by atoms with Crippen LogP contribution in [0, 0.1) is 10.1 Å². The van der Waals surface area contributed by atoms with E-state index >= 15 is 0 Å². The Bertz CT molecular complexity index is 1830. The Balaban J connectivity index is 1.25. The summed E-state index contributed by atoms with van der Waals surface area (Å²) >= 11 is 0. The highest BCUT2D eigenvalue weighted by molar-refractivity contribution is 7.90. The van der Waals surface area contributed by atoms with Crippen molar-refractivity contribution in [1.82, 2.24) is 14.7 Å². The number of aromatic amines is 1. The van der Waals surface area contributed by atoms with Crippen molar-refractivity contribution in [3.63, 3.8) is 0 Å². The Hall–Kier alpha value is -4.73. The second kappa shape index (κ2) is 12.1. The van der Waals surface area contributed by atoms with Crippen LogP contribution in [-0.2, 0) is 19.5 Å². The van der Waals surface area contributed by atoms with Gasteiger partial charge in [-0.05, 0) is 42.8 Å². The molecule has 2 aliphatic rings. The van der Waals surface area contributed by atoms with E-state index in [4.69, 9.17) is 14.2 Å². The molecular weight excluding hydrogens is 592 g/mol. The van der Waals surface area contributed by atoms with Crippen molar-refractivity contribution in [2.24, 2.45) is 0 Å². The average molecular weight is 623 g/mol. The molecular formula is C29H30N6O8S. The third-order valence-electron chi connectivity index (χ3n) is 7.58. The SMILES string of the molecule is COC1CO[C@H](CNc2ccc(S(=O)(=O)NC(=O)c3ccccc3N3CCCOc4nc5[nH]ccc5cc43)cc2[N+](=O)[O-])C1. The van der Waals surface area contributed by atoms with Crippen LogP contribution in [0.3, 0.4) is 0 Å². The number of anilines is 3. The van der Waals surface area contributed by atoms with Crippen LogP contribution in [0.5, 0.6) is 5.88 Å². The number of hydrogen-bond acceptors (Lipinski definition) is 11. The molecule has 1 amide bonds. The van der Waals surface area contributed by atoms with E-state index in [9.17, 15) is 23.3 Å². The van der Waals surface area contributed by atoms with E-state index < -0.39 is 31.4 Å². The topological polar surface area (TPSA) is 178 Å². The molecule has 2 atom stereocenters. The fraction of sp³-hybridized carbons (Fsp3) is 0.310. The molecule has 0 saturated carbocycles. The highest BCUT2D eigenvalue weighted by Gasteiger charge is 2.29. The van der Waals surface area contributed by atoms with Crippen molar-refractivity contribution in [3.05, 3.63) is 76.5 Å². The summed E-state index contributed by atoms with van der Waals surface area (Å²) in [4.78, 5) is 33.8. The number of nitro groups is 1. The van der Waals surface area contributed by atoms with Crippen molar-refractivity contribution in [2.45, 2.75) is 29.9 Å². The zero-order valence-electron chi connectivity index (χ0n) is 23.7. The third-order valence-corrected chi connectivity index (χ3v) is 8.91. The number of amides is 1. The molecule has 14 nitrogen and oxygen atoms in total. The Morgan fingerprint density at radius 1 is 1.20 bits per heavy atom. The van der Waals surface area contributed by atoms with Crippen molar-refractivity contribution >= 4 is 49.7 Å². The maximum absolute atomic E-state index is 13.5. The van der Waals surface area contributed by atoms with Crippen molar-refractivity contribution in [3.8, 4) is 5.88 Å². The number of carbonyl (C=O) groups is 1. The molecule has 15 heteroatoms. The first-order chi connectivity index (χ1) is 21.2. The Morgan fingerprint density at radius 2 is 2.05 bits per heavy atom. The van der Waals surface area contributed by atoms with Crippen molar-refractivity contribution in [2.75, 3.05) is 43.6 Å². The molecule has 0 spiro atoms. The zero-order chi connectivity index (χ0) is 30.8. The lowest BCUT2D eigenvalue weighted by molar-refractivity contribution is -0.384. The number of pyridine rings is 1. The van der Waals surface area contributed by atoms with E-state index in [1.54, 1.807) is 31.5 Å². The van der Waals surface area contributed by atoms with Gasteiger partial charge >= 0.3 is 0 Å². The predicted octanol–water partition coefficient (Wildman–Crippen LogP) is 3.73. The van der Waals surface area contributed by atoms with Gasteiger partial charge in [-0.3, -0.25) is 14.9 Å². The van der Waals surface area contributed by atoms with Crippen LogP contribution in [0.15, 0.2) is 65.7 Å². The van der Waals surface area contributed by atoms with Crippen molar-refractivity contribution < 1.29 is 32.3 Å². The molecule has 1 fully saturated rings. The monoisotopic (exact) mass is 622 g/mol. The number of nitrogens with one attached hydrogen (secondary N) is 3. The predicted molar refractivity (Wildman–Crippen MR) is 161 cm³/mol. The van der Waals surface area contributed by atoms with Gasteiger partial charge in [-0.1, -0.05) is 12.1 Å². The van der Waals surface area contributed by atoms with Gasteiger partial charge in [0.15, 0.2) is 0 Å². The number of H-pyrrole nitrogens is 1. The molecule has 0 aliphatic carbocycles. The van der Waals surface area contributed by atoms with Gasteiger partial charge < -0.3 is 29.4 Å². The number of nitro benzene ring substituents is 1. The summed E-state index contributed by atoms with van der Waals surface area (Å²) in [5.74, 6) is -0.502. The van der Waals surface area contributed by atoms with E-state index in [-0.39, 0.29) is 30.0 Å². The van der Waals surface area contributed by atoms with Crippen LogP contribution in [0.2, 0.25) is 0 Å². The lowest BCUT2D eigenvalue weighted by Crippen LogP contribution is -2.32. The summed E-state index contributed by atoms with van der Waals surface area (Å²) in [5, 5.41) is 15.7. The molecule has 1 unspecified atom stereocenters. The van der Waals surface area contributed by atoms with Gasteiger partial charge in [-0.2, -0.15) is 4.98 Å². The minimum absolute atomic E-state index is 0.0488. The number of aromatic nitrogens is 2. The van der Waals surface area contributed by atoms with E-state index in [2.05, 4.69) is 20.0 Å². The summed E-state index contributed by atoms with van der Waals surface area (Å²) in [5.41, 5.74) is 1.52. The quantitative estimate of drug-likeness (QED) is 0.183. The third kappa shape index (κ3) is 5.89. The fourth-order valence-electron chi connectivity index (χ4n) is 5.33. The normalized spacial score (nSPS) is 18.3. The molecule has 1 saturated heterocycles. The minimum Gasteiger partial charge on any atom is -0.476 e. The smallest absolute Gasteiger partial charge is 0.293 e. The maximum Gasteiger partial charge on any atom is 0.293 e. The zero-order valence-corrected chi connectivity index (χ0v) is 24.5. The summed E-state index contributed by atoms with van der Waals surface area (Å²) in [6.45, 7) is 1.60. The number of para-hydroxylation sites is 1. The Kier molecular flexibility index (Phi) is 8.07. The molecule has 3 N–H and O–H groups in total. The molecule has 44 heavy (non-hydrogen) atoms. The molecule has 4 heterocycles. The first kappa shape index (κ1) is 29.3. The van der Waals surface area contributed by atoms with Gasteiger partial charge in [0, 0.05) is 44.3 Å². The molecule has 2 aromatic carbocycles. The molecule has 230 valence electrons. The standard InChI is InChI=1S/C29H30N6O8S/c1-41-20-14-19(43-17-20)16-31-23-8-7-21(15-25(23)35(37)38)44(39,40)33-28(36)22-5-2-3-6-24(22)34-11-4-12-42-29-26(34)13-18-9-10-30-27(18)32-29/h2-3,5-10,13,15,19-20,31H,4,11-12,14,16-17H2,1H3,(H,30,32)(H,33,36)/t19-,20?/m0/s1. The van der Waals surface area contributed by atoms with Gasteiger partial charge in [-0.25, -0.2) is 13.1 Å². The minimum atomic E-state index is -4.49. The fourth-order valence-corrected chi connectivity index (χ4v) is 6.32. The number of sulfonamides is 1. The summed E-state index contributed by atoms with van der Waals surface area (Å²) in [6.07, 6.45) is 2.76. The average Bonchev–Trinajstić information content (AvgIpc) is 3.63. The van der Waals surface area contributed by atoms with Gasteiger partial charge in [-0.15, -0.1) is 0 Å². The maximum atomic E-state index is 13.5. The molecule has 6 rings (SSSR count). The lowest BCUT2D eigenvalue weighted by atomic mass is 10.1. The number of carbonyl (C=O) groups excluding carboxylic acids is 1. The van der Waals surface area contributed by atoms with Gasteiger partial charge in [0.25, 0.3) is 21.6 Å². The molecule has 0 bridgehead atoms. The molecule has 2 aromatic heterocycles. The number of methoxy groups -OCH3 is 1. The highest BCUT2D eigenvalue weighted by Crippen LogP contribution is 2.38. The number of hydrogen-bond donors (Lipinski definition) is 3. The Morgan fingerprint density at radius 3 is 2.84 bits per heavy atom. The summed E-state index contributed by atoms with van der Waals surface area (Å²) in [7, 11) is -2.90. The number of benzene rings is 2. The van der Waals surface area contributed by atoms with Crippen molar-refractivity contribution in [1.29, 1.82) is 0 Å². The second-order valence-electron chi connectivity index (χ2n) is 10.4. The van der Waals surface area contributed by atoms with Crippen LogP contribution in [0.1, 0.15) is 23.2 Å². The first-order valence-electron chi connectivity index (χ1n) is 13.9. The van der Waals surface area contributed by atoms with E-state index in [1.807, 2.05) is 17.0 Å². The number of rotatable bonds is 9. The van der Waals surface area contributed by atoms with Gasteiger partial charge in [0.1, 0.15) is 17.0 Å². The lowest BCUT2D eigenvalue weighted by Gasteiger charge is -2.25. The van der Waals surface area contributed by atoms with Gasteiger partial charge in [0.05, 0.1) is 46.5 Å². The van der Waals surface area contributed by atoms with Crippen LogP contribution < -0.4 is 19.7 Å². The highest BCUT2D eigenvalue weighted by atomic mass is 32.2. The van der Waals surface area contributed by atoms with Crippen LogP contribution in [0.25, 0.3) is 11.0 Å². The summed E-state index contributed by atoms with van der Waals surface area (Å²) < 4.78 is 45.5. The second-order valence-corrected chi connectivity index (χ2v) is 12.1. The number of fused-ring (bicyclic) bond motifs is 2. The number of ether oxygens (including phenoxy) is 3. The summed E-state index contributed by atoms with van der Waals surface area (Å²) in [6, 6.07) is 13.8. The van der Waals surface area contributed by atoms with Gasteiger partial charge in [0.2, 0.25) is 5.88 Å². The Labute approximate surface area is 252 Å². The van der Waals surface area contributed by atoms with Crippen LogP contribution in [0.4, 0.5) is 22.7 Å².